The number of fused-ring (bicyclic) bond motifs is 2. The Balaban J connectivity index is 1.72. The number of ketones is 1. The van der Waals surface area contributed by atoms with Gasteiger partial charge in [-0.25, -0.2) is 0 Å². The van der Waals surface area contributed by atoms with Crippen LogP contribution in [0.15, 0.2) is 72.8 Å². The van der Waals surface area contributed by atoms with Gasteiger partial charge in [-0.3, -0.25) is 9.59 Å². The van der Waals surface area contributed by atoms with E-state index in [2.05, 4.69) is 5.32 Å². The lowest BCUT2D eigenvalue weighted by atomic mass is 9.84. The second-order valence-corrected chi connectivity index (χ2v) is 5.81. The van der Waals surface area contributed by atoms with Gasteiger partial charge in [0.05, 0.1) is 0 Å². The van der Waals surface area contributed by atoms with Crippen molar-refractivity contribution in [2.45, 2.75) is 6.42 Å². The van der Waals surface area contributed by atoms with E-state index in [0.717, 1.165) is 16.7 Å². The molecule has 1 aliphatic rings. The maximum atomic E-state index is 12.7. The van der Waals surface area contributed by atoms with Crippen LogP contribution in [0, 0.1) is 0 Å². The van der Waals surface area contributed by atoms with Crippen LogP contribution >= 0.6 is 0 Å². The third-order valence-corrected chi connectivity index (χ3v) is 4.33. The summed E-state index contributed by atoms with van der Waals surface area (Å²) in [5.74, 6) is -0.155. The predicted octanol–water partition coefficient (Wildman–Crippen LogP) is 4.07. The third kappa shape index (κ3) is 2.40. The standard InChI is InChI=1S/C21H15NO2/c23-20-16-10-5-4-9-15(16)13-18-17(20)11-6-12-19(18)22-21(24)14-7-2-1-3-8-14/h1-12H,13H2,(H,22,24). The van der Waals surface area contributed by atoms with E-state index in [9.17, 15) is 9.59 Å². The number of carbonyl (C=O) groups excluding carboxylic acids is 2. The van der Waals surface area contributed by atoms with Crippen molar-refractivity contribution >= 4 is 17.4 Å². The minimum absolute atomic E-state index is 0.0164. The molecule has 0 spiro atoms. The average Bonchev–Trinajstić information content (AvgIpc) is 2.63. The summed E-state index contributed by atoms with van der Waals surface area (Å²) in [6, 6.07) is 22.2. The second-order valence-electron chi connectivity index (χ2n) is 5.81. The zero-order valence-corrected chi connectivity index (χ0v) is 13.0. The van der Waals surface area contributed by atoms with Gasteiger partial charge in [-0.1, -0.05) is 54.6 Å². The zero-order chi connectivity index (χ0) is 16.5. The molecule has 116 valence electrons. The Kier molecular flexibility index (Phi) is 3.47. The number of hydrogen-bond acceptors (Lipinski definition) is 2. The van der Waals surface area contributed by atoms with Crippen LogP contribution in [-0.2, 0) is 6.42 Å². The van der Waals surface area contributed by atoms with Gasteiger partial charge in [0.15, 0.2) is 5.78 Å². The average molecular weight is 313 g/mol. The summed E-state index contributed by atoms with van der Waals surface area (Å²) in [4.78, 5) is 25.1. The topological polar surface area (TPSA) is 46.2 Å². The number of benzene rings is 3. The van der Waals surface area contributed by atoms with Gasteiger partial charge in [-0.2, -0.15) is 0 Å². The van der Waals surface area contributed by atoms with Crippen LogP contribution in [0.1, 0.15) is 37.4 Å². The molecule has 1 N–H and O–H groups in total. The minimum atomic E-state index is -0.171. The molecule has 3 aromatic rings. The third-order valence-electron chi connectivity index (χ3n) is 4.33. The molecule has 0 radical (unpaired) electrons. The van der Waals surface area contributed by atoms with Crippen molar-refractivity contribution in [2.24, 2.45) is 0 Å². The summed E-state index contributed by atoms with van der Waals surface area (Å²) < 4.78 is 0. The second kappa shape index (κ2) is 5.78. The van der Waals surface area contributed by atoms with Crippen LogP contribution in [0.5, 0.6) is 0 Å². The molecule has 1 aliphatic carbocycles. The molecular formula is C21H15NO2. The van der Waals surface area contributed by atoms with Crippen molar-refractivity contribution in [2.75, 3.05) is 5.32 Å². The molecule has 3 nitrogen and oxygen atoms in total. The SMILES string of the molecule is O=C(Nc1cccc2c1Cc1ccccc1C2=O)c1ccccc1. The van der Waals surface area contributed by atoms with Crippen molar-refractivity contribution in [3.63, 3.8) is 0 Å². The van der Waals surface area contributed by atoms with Crippen molar-refractivity contribution in [3.8, 4) is 0 Å². The number of amides is 1. The molecule has 3 aromatic carbocycles. The van der Waals surface area contributed by atoms with E-state index >= 15 is 0 Å². The Hall–Kier alpha value is -3.20. The first-order valence-corrected chi connectivity index (χ1v) is 7.85. The van der Waals surface area contributed by atoms with Gasteiger partial charge in [-0.05, 0) is 29.3 Å². The number of rotatable bonds is 2. The van der Waals surface area contributed by atoms with Gasteiger partial charge in [-0.15, -0.1) is 0 Å². The molecule has 3 heteroatoms. The predicted molar refractivity (Wildman–Crippen MR) is 93.5 cm³/mol. The molecule has 4 rings (SSSR count). The molecule has 0 aromatic heterocycles. The molecule has 0 saturated carbocycles. The van der Waals surface area contributed by atoms with Gasteiger partial charge in [0, 0.05) is 28.8 Å². The quantitative estimate of drug-likeness (QED) is 0.606. The van der Waals surface area contributed by atoms with Gasteiger partial charge in [0.2, 0.25) is 0 Å². The van der Waals surface area contributed by atoms with E-state index in [1.54, 1.807) is 12.1 Å². The highest BCUT2D eigenvalue weighted by Crippen LogP contribution is 2.32. The van der Waals surface area contributed by atoms with E-state index in [0.29, 0.717) is 23.2 Å². The van der Waals surface area contributed by atoms with Gasteiger partial charge in [0.25, 0.3) is 5.91 Å². The smallest absolute Gasteiger partial charge is 0.255 e. The largest absolute Gasteiger partial charge is 0.322 e. The fourth-order valence-electron chi connectivity index (χ4n) is 3.12. The summed E-state index contributed by atoms with van der Waals surface area (Å²) in [5.41, 5.74) is 4.58. The highest BCUT2D eigenvalue weighted by atomic mass is 16.1. The Morgan fingerprint density at radius 1 is 0.792 bits per heavy atom. The summed E-state index contributed by atoms with van der Waals surface area (Å²) in [7, 11) is 0. The fourth-order valence-corrected chi connectivity index (χ4v) is 3.12. The summed E-state index contributed by atoms with van der Waals surface area (Å²) in [5, 5.41) is 2.95. The van der Waals surface area contributed by atoms with Crippen molar-refractivity contribution in [1.29, 1.82) is 0 Å². The van der Waals surface area contributed by atoms with Crippen LogP contribution < -0.4 is 5.32 Å². The summed E-state index contributed by atoms with van der Waals surface area (Å²) >= 11 is 0. The van der Waals surface area contributed by atoms with E-state index in [1.165, 1.54) is 0 Å². The zero-order valence-electron chi connectivity index (χ0n) is 13.0. The Morgan fingerprint density at radius 2 is 1.50 bits per heavy atom. The van der Waals surface area contributed by atoms with Gasteiger partial charge in [0.1, 0.15) is 0 Å². The maximum absolute atomic E-state index is 12.7. The van der Waals surface area contributed by atoms with E-state index < -0.39 is 0 Å². The Labute approximate surface area is 140 Å². The van der Waals surface area contributed by atoms with E-state index in [-0.39, 0.29) is 11.7 Å². The van der Waals surface area contributed by atoms with Crippen molar-refractivity contribution in [3.05, 3.63) is 101 Å². The van der Waals surface area contributed by atoms with E-state index in [1.807, 2.05) is 60.7 Å². The monoisotopic (exact) mass is 313 g/mol. The van der Waals surface area contributed by atoms with Crippen molar-refractivity contribution in [1.82, 2.24) is 0 Å². The Morgan fingerprint density at radius 3 is 2.33 bits per heavy atom. The molecule has 24 heavy (non-hydrogen) atoms. The van der Waals surface area contributed by atoms with Gasteiger partial charge < -0.3 is 5.32 Å². The number of nitrogens with one attached hydrogen (secondary N) is 1. The van der Waals surface area contributed by atoms with Crippen LogP contribution in [-0.4, -0.2) is 11.7 Å². The molecule has 0 bridgehead atoms. The first-order valence-electron chi connectivity index (χ1n) is 7.85. The van der Waals surface area contributed by atoms with Crippen LogP contribution in [0.25, 0.3) is 0 Å². The van der Waals surface area contributed by atoms with Crippen LogP contribution in [0.2, 0.25) is 0 Å². The highest BCUT2D eigenvalue weighted by Gasteiger charge is 2.25. The highest BCUT2D eigenvalue weighted by molar-refractivity contribution is 6.14. The molecule has 0 saturated heterocycles. The lowest BCUT2D eigenvalue weighted by Gasteiger charge is -2.21. The van der Waals surface area contributed by atoms with Crippen molar-refractivity contribution < 1.29 is 9.59 Å². The van der Waals surface area contributed by atoms with Crippen LogP contribution in [0.3, 0.4) is 0 Å². The van der Waals surface area contributed by atoms with E-state index in [4.69, 9.17) is 0 Å². The normalized spacial score (nSPS) is 12.2. The molecule has 1 amide bonds. The fraction of sp³-hybridized carbons (Fsp3) is 0.0476. The molecule has 0 fully saturated rings. The molecular weight excluding hydrogens is 298 g/mol. The lowest BCUT2D eigenvalue weighted by Crippen LogP contribution is -2.19. The summed E-state index contributed by atoms with van der Waals surface area (Å²) in [6.45, 7) is 0. The first-order chi connectivity index (χ1) is 11.7. The number of anilines is 1. The molecule has 0 heterocycles. The molecule has 0 unspecified atom stereocenters. The minimum Gasteiger partial charge on any atom is -0.322 e. The first kappa shape index (κ1) is 14.4. The lowest BCUT2D eigenvalue weighted by molar-refractivity contribution is 0.101. The number of hydrogen-bond donors (Lipinski definition) is 1. The number of carbonyl (C=O) groups is 2. The molecule has 0 aliphatic heterocycles. The molecule has 0 atom stereocenters. The summed E-state index contributed by atoms with van der Waals surface area (Å²) in [6.07, 6.45) is 0.641. The Bertz CT molecular complexity index is 945. The van der Waals surface area contributed by atoms with Crippen LogP contribution in [0.4, 0.5) is 5.69 Å². The van der Waals surface area contributed by atoms with Gasteiger partial charge >= 0.3 is 0 Å². The maximum Gasteiger partial charge on any atom is 0.255 e.